The van der Waals surface area contributed by atoms with Crippen LogP contribution < -0.4 is 10.7 Å². The molecule has 24 heavy (non-hydrogen) atoms. The topological polar surface area (TPSA) is 70.6 Å². The number of aryl methyl sites for hydroxylation is 1. The van der Waals surface area contributed by atoms with Crippen molar-refractivity contribution in [3.05, 3.63) is 69.2 Å². The second-order valence-corrected chi connectivity index (χ2v) is 5.74. The third kappa shape index (κ3) is 4.81. The number of nitrogens with zero attached hydrogens (tertiary/aromatic N) is 1. The van der Waals surface area contributed by atoms with Gasteiger partial charge in [0.25, 0.3) is 11.8 Å². The molecule has 7 heteroatoms. The van der Waals surface area contributed by atoms with E-state index in [0.717, 1.165) is 5.56 Å². The Bertz CT molecular complexity index is 771. The van der Waals surface area contributed by atoms with E-state index in [2.05, 4.69) is 15.8 Å². The minimum Gasteiger partial charge on any atom is -0.343 e. The van der Waals surface area contributed by atoms with Crippen molar-refractivity contribution in [3.63, 3.8) is 0 Å². The molecule has 124 valence electrons. The normalized spacial score (nSPS) is 10.6. The van der Waals surface area contributed by atoms with E-state index in [1.165, 1.54) is 6.21 Å². The lowest BCUT2D eigenvalue weighted by Gasteiger charge is -2.06. The first-order valence-electron chi connectivity index (χ1n) is 7.09. The van der Waals surface area contributed by atoms with Gasteiger partial charge in [0.15, 0.2) is 0 Å². The predicted octanol–water partition coefficient (Wildman–Crippen LogP) is 3.18. The minimum absolute atomic E-state index is 0.194. The number of nitrogens with one attached hydrogen (secondary N) is 2. The Morgan fingerprint density at radius 1 is 1.08 bits per heavy atom. The molecule has 0 saturated carbocycles. The van der Waals surface area contributed by atoms with Crippen LogP contribution in [-0.2, 0) is 4.79 Å². The summed E-state index contributed by atoms with van der Waals surface area (Å²) in [5, 5.41) is 7.17. The molecule has 2 aromatic carbocycles. The van der Waals surface area contributed by atoms with Gasteiger partial charge in [-0.05, 0) is 30.7 Å². The maximum absolute atomic E-state index is 12.0. The Morgan fingerprint density at radius 3 is 2.42 bits per heavy atom. The molecule has 0 fully saturated rings. The Kier molecular flexibility index (Phi) is 6.35. The molecule has 0 bridgehead atoms. The molecule has 0 heterocycles. The average molecular weight is 364 g/mol. The molecular weight excluding hydrogens is 349 g/mol. The van der Waals surface area contributed by atoms with Gasteiger partial charge in [0.1, 0.15) is 0 Å². The lowest BCUT2D eigenvalue weighted by atomic mass is 10.1. The van der Waals surface area contributed by atoms with Crippen molar-refractivity contribution in [2.24, 2.45) is 5.10 Å². The van der Waals surface area contributed by atoms with Gasteiger partial charge < -0.3 is 5.32 Å². The van der Waals surface area contributed by atoms with Gasteiger partial charge in [-0.2, -0.15) is 5.10 Å². The van der Waals surface area contributed by atoms with Gasteiger partial charge in [0, 0.05) is 11.1 Å². The Morgan fingerprint density at radius 2 is 1.75 bits per heavy atom. The molecular formula is C17H15Cl2N3O2. The number of hydrazone groups is 1. The fraction of sp³-hybridized carbons (Fsp3) is 0.118. The quantitative estimate of drug-likeness (QED) is 0.632. The largest absolute Gasteiger partial charge is 0.343 e. The second kappa shape index (κ2) is 8.47. The highest BCUT2D eigenvalue weighted by Crippen LogP contribution is 2.21. The summed E-state index contributed by atoms with van der Waals surface area (Å²) in [5.41, 5.74) is 4.17. The zero-order valence-electron chi connectivity index (χ0n) is 12.8. The number of hydrogen-bond acceptors (Lipinski definition) is 3. The molecule has 0 spiro atoms. The zero-order valence-corrected chi connectivity index (χ0v) is 14.4. The number of carbonyl (C=O) groups is 2. The van der Waals surface area contributed by atoms with Crippen molar-refractivity contribution in [2.45, 2.75) is 6.92 Å². The molecule has 0 radical (unpaired) electrons. The molecule has 2 amide bonds. The number of amides is 2. The van der Waals surface area contributed by atoms with Crippen LogP contribution in [0, 0.1) is 6.92 Å². The SMILES string of the molecule is Cc1ccccc1C(=O)NCC(=O)N/N=C\c1c(Cl)cccc1Cl. The van der Waals surface area contributed by atoms with Crippen LogP contribution >= 0.6 is 23.2 Å². The van der Waals surface area contributed by atoms with Crippen molar-refractivity contribution in [3.8, 4) is 0 Å². The Balaban J connectivity index is 1.87. The standard InChI is InChI=1S/C17H15Cl2N3O2/c1-11-5-2-3-6-12(11)17(24)20-10-16(23)22-21-9-13-14(18)7-4-8-15(13)19/h2-9H,10H2,1H3,(H,20,24)(H,22,23)/b21-9-. The van der Waals surface area contributed by atoms with Crippen molar-refractivity contribution in [1.82, 2.24) is 10.7 Å². The Labute approximate surface area is 149 Å². The maximum Gasteiger partial charge on any atom is 0.259 e. The fourth-order valence-electron chi connectivity index (χ4n) is 1.93. The molecule has 0 saturated heterocycles. The number of rotatable bonds is 5. The summed E-state index contributed by atoms with van der Waals surface area (Å²) < 4.78 is 0. The molecule has 0 atom stereocenters. The van der Waals surface area contributed by atoms with Crippen LogP contribution in [0.4, 0.5) is 0 Å². The van der Waals surface area contributed by atoms with Gasteiger partial charge in [-0.25, -0.2) is 5.43 Å². The van der Waals surface area contributed by atoms with E-state index >= 15 is 0 Å². The zero-order chi connectivity index (χ0) is 17.5. The van der Waals surface area contributed by atoms with Crippen LogP contribution in [-0.4, -0.2) is 24.6 Å². The molecule has 0 aliphatic heterocycles. The van der Waals surface area contributed by atoms with Crippen LogP contribution in [0.15, 0.2) is 47.6 Å². The molecule has 0 aromatic heterocycles. The van der Waals surface area contributed by atoms with Gasteiger partial charge in [0.2, 0.25) is 0 Å². The van der Waals surface area contributed by atoms with E-state index in [4.69, 9.17) is 23.2 Å². The first-order valence-corrected chi connectivity index (χ1v) is 7.84. The summed E-state index contributed by atoms with van der Waals surface area (Å²) in [5.74, 6) is -0.780. The van der Waals surface area contributed by atoms with Crippen LogP contribution in [0.1, 0.15) is 21.5 Å². The molecule has 0 aliphatic carbocycles. The van der Waals surface area contributed by atoms with E-state index < -0.39 is 5.91 Å². The molecule has 5 nitrogen and oxygen atoms in total. The van der Waals surface area contributed by atoms with E-state index in [9.17, 15) is 9.59 Å². The molecule has 2 N–H and O–H groups in total. The van der Waals surface area contributed by atoms with Crippen LogP contribution in [0.5, 0.6) is 0 Å². The lowest BCUT2D eigenvalue weighted by Crippen LogP contribution is -2.35. The Hall–Kier alpha value is -2.37. The summed E-state index contributed by atoms with van der Waals surface area (Å²) in [6, 6.07) is 12.2. The van der Waals surface area contributed by atoms with Crippen molar-refractivity contribution < 1.29 is 9.59 Å². The van der Waals surface area contributed by atoms with Crippen LogP contribution in [0.2, 0.25) is 10.0 Å². The van der Waals surface area contributed by atoms with Gasteiger partial charge in [-0.15, -0.1) is 0 Å². The van der Waals surface area contributed by atoms with Gasteiger partial charge in [-0.1, -0.05) is 47.5 Å². The summed E-state index contributed by atoms with van der Waals surface area (Å²) in [6.45, 7) is 1.63. The lowest BCUT2D eigenvalue weighted by molar-refractivity contribution is -0.120. The third-order valence-corrected chi connectivity index (χ3v) is 3.84. The summed E-state index contributed by atoms with van der Waals surface area (Å²) in [6.07, 6.45) is 1.35. The summed E-state index contributed by atoms with van der Waals surface area (Å²) >= 11 is 12.0. The van der Waals surface area contributed by atoms with Crippen molar-refractivity contribution in [1.29, 1.82) is 0 Å². The van der Waals surface area contributed by atoms with E-state index in [1.54, 1.807) is 30.3 Å². The minimum atomic E-state index is -0.462. The predicted molar refractivity (Wildman–Crippen MR) is 95.7 cm³/mol. The van der Waals surface area contributed by atoms with Crippen LogP contribution in [0.25, 0.3) is 0 Å². The maximum atomic E-state index is 12.0. The first-order chi connectivity index (χ1) is 11.5. The molecule has 0 aliphatic rings. The molecule has 2 aromatic rings. The molecule has 0 unspecified atom stereocenters. The summed E-state index contributed by atoms with van der Waals surface area (Å²) in [4.78, 5) is 23.7. The van der Waals surface area contributed by atoms with E-state index in [-0.39, 0.29) is 12.5 Å². The average Bonchev–Trinajstić information content (AvgIpc) is 2.56. The number of hydrogen-bond donors (Lipinski definition) is 2. The number of halogens is 2. The fourth-order valence-corrected chi connectivity index (χ4v) is 2.42. The highest BCUT2D eigenvalue weighted by molar-refractivity contribution is 6.38. The van der Waals surface area contributed by atoms with Gasteiger partial charge in [0.05, 0.1) is 22.8 Å². The number of carbonyl (C=O) groups excluding carboxylic acids is 2. The van der Waals surface area contributed by atoms with Crippen molar-refractivity contribution >= 4 is 41.2 Å². The van der Waals surface area contributed by atoms with Gasteiger partial charge >= 0.3 is 0 Å². The third-order valence-electron chi connectivity index (χ3n) is 3.18. The van der Waals surface area contributed by atoms with Gasteiger partial charge in [-0.3, -0.25) is 9.59 Å². The number of benzene rings is 2. The molecule has 2 rings (SSSR count). The van der Waals surface area contributed by atoms with E-state index in [1.807, 2.05) is 19.1 Å². The second-order valence-electron chi connectivity index (χ2n) is 4.93. The van der Waals surface area contributed by atoms with E-state index in [0.29, 0.717) is 21.2 Å². The van der Waals surface area contributed by atoms with Crippen molar-refractivity contribution in [2.75, 3.05) is 6.54 Å². The monoisotopic (exact) mass is 363 g/mol. The van der Waals surface area contributed by atoms with Crippen LogP contribution in [0.3, 0.4) is 0 Å². The smallest absolute Gasteiger partial charge is 0.259 e. The first kappa shape index (κ1) is 18.0. The summed E-state index contributed by atoms with van der Waals surface area (Å²) in [7, 11) is 0. The highest BCUT2D eigenvalue weighted by Gasteiger charge is 2.09. The highest BCUT2D eigenvalue weighted by atomic mass is 35.5.